The summed E-state index contributed by atoms with van der Waals surface area (Å²) in [6.45, 7) is 2.74. The summed E-state index contributed by atoms with van der Waals surface area (Å²) in [5.41, 5.74) is 0.808. The van der Waals surface area contributed by atoms with Crippen LogP contribution in [0.25, 0.3) is 11.5 Å². The van der Waals surface area contributed by atoms with Crippen molar-refractivity contribution in [3.63, 3.8) is 0 Å². The SMILES string of the molecule is CCn1nccc1-c1nc(Cl)c(I)c(Cl)n1. The minimum atomic E-state index is 0.361. The van der Waals surface area contributed by atoms with E-state index in [1.807, 2.05) is 35.6 Å². The zero-order valence-electron chi connectivity index (χ0n) is 8.28. The molecular weight excluding hydrogens is 362 g/mol. The molecule has 0 aliphatic rings. The molecule has 84 valence electrons. The van der Waals surface area contributed by atoms with Crippen molar-refractivity contribution in [2.75, 3.05) is 0 Å². The quantitative estimate of drug-likeness (QED) is 0.603. The van der Waals surface area contributed by atoms with Crippen LogP contribution < -0.4 is 0 Å². The molecular formula is C9H7Cl2IN4. The van der Waals surface area contributed by atoms with Gasteiger partial charge in [0.25, 0.3) is 0 Å². The van der Waals surface area contributed by atoms with Crippen molar-refractivity contribution in [2.24, 2.45) is 0 Å². The van der Waals surface area contributed by atoms with E-state index in [9.17, 15) is 0 Å². The maximum Gasteiger partial charge on any atom is 0.180 e. The molecule has 0 aliphatic heterocycles. The fourth-order valence-electron chi connectivity index (χ4n) is 1.28. The van der Waals surface area contributed by atoms with Gasteiger partial charge in [0.05, 0.1) is 3.57 Å². The third-order valence-corrected chi connectivity index (χ3v) is 4.22. The van der Waals surface area contributed by atoms with Gasteiger partial charge in [-0.25, -0.2) is 9.97 Å². The molecule has 0 bridgehead atoms. The first-order valence-corrected chi connectivity index (χ1v) is 6.37. The molecule has 0 radical (unpaired) electrons. The Bertz CT molecular complexity index is 503. The van der Waals surface area contributed by atoms with Crippen molar-refractivity contribution in [2.45, 2.75) is 13.5 Å². The molecule has 2 rings (SSSR count). The standard InChI is InChI=1S/C9H7Cl2IN4/c1-2-16-5(3-4-13-16)9-14-7(10)6(12)8(11)15-9/h3-4H,2H2,1H3. The summed E-state index contributed by atoms with van der Waals surface area (Å²) in [4.78, 5) is 8.37. The predicted molar refractivity (Wildman–Crippen MR) is 71.7 cm³/mol. The van der Waals surface area contributed by atoms with Crippen LogP contribution in [0, 0.1) is 3.57 Å². The van der Waals surface area contributed by atoms with Gasteiger partial charge in [0.2, 0.25) is 0 Å². The molecule has 0 N–H and O–H groups in total. The Morgan fingerprint density at radius 2 is 1.94 bits per heavy atom. The molecule has 0 spiro atoms. The van der Waals surface area contributed by atoms with E-state index in [1.54, 1.807) is 10.9 Å². The Balaban J connectivity index is 2.57. The first-order valence-electron chi connectivity index (χ1n) is 4.54. The Morgan fingerprint density at radius 3 is 2.50 bits per heavy atom. The second kappa shape index (κ2) is 4.85. The van der Waals surface area contributed by atoms with E-state index in [0.29, 0.717) is 19.7 Å². The van der Waals surface area contributed by atoms with E-state index in [1.165, 1.54) is 0 Å². The molecule has 0 amide bonds. The van der Waals surface area contributed by atoms with Crippen LogP contribution in [-0.4, -0.2) is 19.7 Å². The molecule has 4 nitrogen and oxygen atoms in total. The van der Waals surface area contributed by atoms with E-state index < -0.39 is 0 Å². The summed E-state index contributed by atoms with van der Waals surface area (Å²) < 4.78 is 2.45. The lowest BCUT2D eigenvalue weighted by Crippen LogP contribution is -2.02. The monoisotopic (exact) mass is 368 g/mol. The Hall–Kier alpha value is -0.400. The summed E-state index contributed by atoms with van der Waals surface area (Å²) in [5.74, 6) is 0.495. The van der Waals surface area contributed by atoms with E-state index in [0.717, 1.165) is 12.2 Å². The summed E-state index contributed by atoms with van der Waals surface area (Å²) >= 11 is 13.9. The molecule has 0 saturated heterocycles. The van der Waals surface area contributed by atoms with Crippen LogP contribution >= 0.6 is 45.8 Å². The van der Waals surface area contributed by atoms with Crippen molar-refractivity contribution in [1.29, 1.82) is 0 Å². The maximum atomic E-state index is 5.96. The average Bonchev–Trinajstić information content (AvgIpc) is 2.73. The number of halogens is 3. The van der Waals surface area contributed by atoms with Crippen LogP contribution in [0.5, 0.6) is 0 Å². The summed E-state index contributed by atoms with van der Waals surface area (Å²) in [7, 11) is 0. The van der Waals surface area contributed by atoms with Crippen molar-refractivity contribution >= 4 is 45.8 Å². The highest BCUT2D eigenvalue weighted by atomic mass is 127. The van der Waals surface area contributed by atoms with Gasteiger partial charge in [-0.05, 0) is 35.6 Å². The largest absolute Gasteiger partial charge is 0.262 e. The number of aromatic nitrogens is 4. The normalized spacial score (nSPS) is 10.8. The van der Waals surface area contributed by atoms with E-state index in [2.05, 4.69) is 15.1 Å². The van der Waals surface area contributed by atoms with Crippen LogP contribution in [0.2, 0.25) is 10.3 Å². The minimum absolute atomic E-state index is 0.361. The van der Waals surface area contributed by atoms with Crippen molar-refractivity contribution in [3.8, 4) is 11.5 Å². The van der Waals surface area contributed by atoms with Gasteiger partial charge >= 0.3 is 0 Å². The summed E-state index contributed by atoms with van der Waals surface area (Å²) in [6, 6.07) is 1.83. The molecule has 0 saturated carbocycles. The highest BCUT2D eigenvalue weighted by Gasteiger charge is 2.13. The van der Waals surface area contributed by atoms with Crippen LogP contribution in [-0.2, 0) is 6.54 Å². The third kappa shape index (κ3) is 2.16. The lowest BCUT2D eigenvalue weighted by Gasteiger charge is -2.05. The fraction of sp³-hybridized carbons (Fsp3) is 0.222. The first kappa shape index (κ1) is 12.1. The third-order valence-electron chi connectivity index (χ3n) is 2.02. The molecule has 0 aromatic carbocycles. The zero-order valence-corrected chi connectivity index (χ0v) is 12.0. The second-order valence-electron chi connectivity index (χ2n) is 2.98. The number of hydrogen-bond acceptors (Lipinski definition) is 3. The van der Waals surface area contributed by atoms with Gasteiger partial charge in [-0.1, -0.05) is 23.2 Å². The second-order valence-corrected chi connectivity index (χ2v) is 4.77. The molecule has 0 atom stereocenters. The zero-order chi connectivity index (χ0) is 11.7. The van der Waals surface area contributed by atoms with Crippen LogP contribution in [0.15, 0.2) is 12.3 Å². The number of hydrogen-bond donors (Lipinski definition) is 0. The molecule has 2 heterocycles. The van der Waals surface area contributed by atoms with Gasteiger partial charge in [0.1, 0.15) is 16.0 Å². The van der Waals surface area contributed by atoms with E-state index in [-0.39, 0.29) is 0 Å². The predicted octanol–water partition coefficient (Wildman–Crippen LogP) is 3.27. The number of rotatable bonds is 2. The molecule has 0 aliphatic carbocycles. The summed E-state index contributed by atoms with van der Waals surface area (Å²) in [5, 5.41) is 4.86. The fourth-order valence-corrected chi connectivity index (χ4v) is 1.91. The average molecular weight is 369 g/mol. The van der Waals surface area contributed by atoms with Crippen molar-refractivity contribution in [1.82, 2.24) is 19.7 Å². The molecule has 2 aromatic rings. The highest BCUT2D eigenvalue weighted by Crippen LogP contribution is 2.26. The number of aryl methyl sites for hydroxylation is 1. The van der Waals surface area contributed by atoms with Gasteiger partial charge in [-0.3, -0.25) is 4.68 Å². The van der Waals surface area contributed by atoms with Crippen LogP contribution in [0.3, 0.4) is 0 Å². The van der Waals surface area contributed by atoms with Crippen molar-refractivity contribution < 1.29 is 0 Å². The number of nitrogens with zero attached hydrogens (tertiary/aromatic N) is 4. The maximum absolute atomic E-state index is 5.96. The molecule has 0 unspecified atom stereocenters. The Labute approximate surface area is 116 Å². The Morgan fingerprint density at radius 1 is 1.31 bits per heavy atom. The topological polar surface area (TPSA) is 43.6 Å². The molecule has 0 fully saturated rings. The molecule has 2 aromatic heterocycles. The van der Waals surface area contributed by atoms with Crippen LogP contribution in [0.1, 0.15) is 6.92 Å². The van der Waals surface area contributed by atoms with Gasteiger partial charge in [-0.15, -0.1) is 0 Å². The van der Waals surface area contributed by atoms with E-state index >= 15 is 0 Å². The molecule has 7 heteroatoms. The van der Waals surface area contributed by atoms with Gasteiger partial charge in [0.15, 0.2) is 5.82 Å². The van der Waals surface area contributed by atoms with Crippen molar-refractivity contribution in [3.05, 3.63) is 26.1 Å². The summed E-state index contributed by atoms with van der Waals surface area (Å²) in [6.07, 6.45) is 1.70. The van der Waals surface area contributed by atoms with Gasteiger partial charge in [-0.2, -0.15) is 5.10 Å². The van der Waals surface area contributed by atoms with Gasteiger partial charge < -0.3 is 0 Å². The van der Waals surface area contributed by atoms with E-state index in [4.69, 9.17) is 23.2 Å². The smallest absolute Gasteiger partial charge is 0.180 e. The lowest BCUT2D eigenvalue weighted by molar-refractivity contribution is 0.663. The lowest BCUT2D eigenvalue weighted by atomic mass is 10.4. The highest BCUT2D eigenvalue weighted by molar-refractivity contribution is 14.1. The molecule has 16 heavy (non-hydrogen) atoms. The first-order chi connectivity index (χ1) is 7.63. The van der Waals surface area contributed by atoms with Gasteiger partial charge in [0, 0.05) is 12.7 Å². The Kier molecular flexibility index (Phi) is 3.66. The van der Waals surface area contributed by atoms with Crippen LogP contribution in [0.4, 0.5) is 0 Å². The minimum Gasteiger partial charge on any atom is -0.262 e.